The van der Waals surface area contributed by atoms with Gasteiger partial charge in [0.2, 0.25) is 5.95 Å². The Morgan fingerprint density at radius 2 is 2.04 bits per heavy atom. The quantitative estimate of drug-likeness (QED) is 0.792. The van der Waals surface area contributed by atoms with Crippen LogP contribution in [-0.2, 0) is 0 Å². The molecule has 0 saturated carbocycles. The number of halogens is 1. The van der Waals surface area contributed by atoms with Crippen LogP contribution in [0.3, 0.4) is 0 Å². The molecule has 2 heterocycles. The van der Waals surface area contributed by atoms with Gasteiger partial charge in [-0.2, -0.15) is 4.68 Å². The molecule has 24 heavy (non-hydrogen) atoms. The highest BCUT2D eigenvalue weighted by Crippen LogP contribution is 2.35. The lowest BCUT2D eigenvalue weighted by molar-refractivity contribution is 0.414. The number of hydrogen-bond acceptors (Lipinski definition) is 5. The van der Waals surface area contributed by atoms with Gasteiger partial charge in [0.05, 0.1) is 7.11 Å². The van der Waals surface area contributed by atoms with Gasteiger partial charge in [0.1, 0.15) is 11.8 Å². The number of nitrogens with one attached hydrogen (secondary N) is 1. The molecule has 0 aliphatic carbocycles. The van der Waals surface area contributed by atoms with Gasteiger partial charge in [-0.25, -0.2) is 0 Å². The van der Waals surface area contributed by atoms with Crippen molar-refractivity contribution >= 4 is 23.2 Å². The van der Waals surface area contributed by atoms with Crippen LogP contribution < -0.4 is 10.1 Å². The molecule has 0 spiro atoms. The lowest BCUT2D eigenvalue weighted by Gasteiger charge is -2.24. The standard InChI is InChI=1S/C17H14ClN5O/c1-24-12-6-4-5-11(9-12)15-10-16(13-7-2-3-8-14(13)18)23-17(19-15)20-21-22-23/h2-10,16H,1H3,(H,19,20,22). The first-order valence-corrected chi connectivity index (χ1v) is 7.79. The molecule has 3 aromatic rings. The Labute approximate surface area is 143 Å². The molecule has 1 aromatic heterocycles. The minimum atomic E-state index is -0.189. The molecule has 0 saturated heterocycles. The average Bonchev–Trinajstić information content (AvgIpc) is 3.10. The van der Waals surface area contributed by atoms with Crippen molar-refractivity contribution < 1.29 is 4.74 Å². The van der Waals surface area contributed by atoms with Gasteiger partial charge in [0.25, 0.3) is 0 Å². The molecule has 1 N–H and O–H groups in total. The Hall–Kier alpha value is -2.86. The maximum absolute atomic E-state index is 6.38. The molecule has 0 amide bonds. The van der Waals surface area contributed by atoms with E-state index in [0.717, 1.165) is 22.6 Å². The zero-order valence-electron chi connectivity index (χ0n) is 12.8. The number of allylic oxidation sites excluding steroid dienone is 1. The second-order valence-electron chi connectivity index (χ2n) is 5.35. The third-order valence-corrected chi connectivity index (χ3v) is 4.28. The van der Waals surface area contributed by atoms with Crippen LogP contribution in [0.2, 0.25) is 5.02 Å². The molecule has 1 aliphatic heterocycles. The van der Waals surface area contributed by atoms with Crippen LogP contribution in [0.1, 0.15) is 17.2 Å². The minimum absolute atomic E-state index is 0.189. The van der Waals surface area contributed by atoms with Gasteiger partial charge in [0, 0.05) is 16.3 Å². The zero-order chi connectivity index (χ0) is 16.5. The predicted octanol–water partition coefficient (Wildman–Crippen LogP) is 3.39. The summed E-state index contributed by atoms with van der Waals surface area (Å²) in [5.41, 5.74) is 2.83. The first-order chi connectivity index (χ1) is 11.8. The van der Waals surface area contributed by atoms with Crippen LogP contribution in [0.25, 0.3) is 5.70 Å². The molecule has 1 atom stereocenters. The molecule has 7 heteroatoms. The molecule has 0 bridgehead atoms. The summed E-state index contributed by atoms with van der Waals surface area (Å²) in [5, 5.41) is 15.8. The highest BCUT2D eigenvalue weighted by atomic mass is 35.5. The van der Waals surface area contributed by atoms with Gasteiger partial charge in [-0.05, 0) is 40.3 Å². The van der Waals surface area contributed by atoms with Crippen LogP contribution in [0.4, 0.5) is 5.95 Å². The number of aromatic nitrogens is 4. The number of benzene rings is 2. The largest absolute Gasteiger partial charge is 0.497 e. The van der Waals surface area contributed by atoms with Crippen molar-refractivity contribution in [2.75, 3.05) is 12.4 Å². The van der Waals surface area contributed by atoms with Crippen molar-refractivity contribution in [3.8, 4) is 5.75 Å². The Morgan fingerprint density at radius 3 is 2.88 bits per heavy atom. The van der Waals surface area contributed by atoms with E-state index in [4.69, 9.17) is 16.3 Å². The Morgan fingerprint density at radius 1 is 1.17 bits per heavy atom. The minimum Gasteiger partial charge on any atom is -0.497 e. The van der Waals surface area contributed by atoms with Gasteiger partial charge in [-0.3, -0.25) is 0 Å². The molecular weight excluding hydrogens is 326 g/mol. The third-order valence-electron chi connectivity index (χ3n) is 3.93. The highest BCUT2D eigenvalue weighted by molar-refractivity contribution is 6.31. The summed E-state index contributed by atoms with van der Waals surface area (Å²) >= 11 is 6.38. The molecule has 120 valence electrons. The number of hydrogen-bond donors (Lipinski definition) is 1. The Bertz CT molecular complexity index is 921. The summed E-state index contributed by atoms with van der Waals surface area (Å²) in [4.78, 5) is 0. The number of fused-ring (bicyclic) bond motifs is 1. The normalized spacial score (nSPS) is 16.1. The van der Waals surface area contributed by atoms with Crippen LogP contribution in [0, 0.1) is 0 Å². The zero-order valence-corrected chi connectivity index (χ0v) is 13.6. The monoisotopic (exact) mass is 339 g/mol. The van der Waals surface area contributed by atoms with Crippen LogP contribution in [0.15, 0.2) is 54.6 Å². The van der Waals surface area contributed by atoms with Crippen molar-refractivity contribution in [2.45, 2.75) is 6.04 Å². The molecule has 1 unspecified atom stereocenters. The third kappa shape index (κ3) is 2.51. The first-order valence-electron chi connectivity index (χ1n) is 7.42. The van der Waals surface area contributed by atoms with Crippen molar-refractivity contribution in [1.82, 2.24) is 20.2 Å². The van der Waals surface area contributed by atoms with E-state index >= 15 is 0 Å². The fourth-order valence-electron chi connectivity index (χ4n) is 2.75. The molecule has 4 rings (SSSR count). The van der Waals surface area contributed by atoms with Crippen LogP contribution in [-0.4, -0.2) is 27.3 Å². The van der Waals surface area contributed by atoms with E-state index < -0.39 is 0 Å². The molecule has 6 nitrogen and oxygen atoms in total. The second kappa shape index (κ2) is 5.98. The number of nitrogens with zero attached hydrogens (tertiary/aromatic N) is 4. The predicted molar refractivity (Wildman–Crippen MR) is 92.0 cm³/mol. The Kier molecular flexibility index (Phi) is 3.66. The van der Waals surface area contributed by atoms with E-state index in [2.05, 4.69) is 26.9 Å². The molecule has 2 aromatic carbocycles. The molecule has 0 fully saturated rings. The second-order valence-corrected chi connectivity index (χ2v) is 5.76. The van der Waals surface area contributed by atoms with Crippen molar-refractivity contribution in [2.24, 2.45) is 0 Å². The molecule has 1 aliphatic rings. The number of methoxy groups -OCH3 is 1. The first kappa shape index (κ1) is 14.7. The summed E-state index contributed by atoms with van der Waals surface area (Å²) in [5.74, 6) is 1.36. The van der Waals surface area contributed by atoms with E-state index in [0.29, 0.717) is 11.0 Å². The lowest BCUT2D eigenvalue weighted by Crippen LogP contribution is -2.20. The van der Waals surface area contributed by atoms with Crippen molar-refractivity contribution in [1.29, 1.82) is 0 Å². The topological polar surface area (TPSA) is 64.9 Å². The van der Waals surface area contributed by atoms with Gasteiger partial charge in [-0.1, -0.05) is 47.0 Å². The maximum Gasteiger partial charge on any atom is 0.248 e. The molecule has 0 radical (unpaired) electrons. The van der Waals surface area contributed by atoms with E-state index in [9.17, 15) is 0 Å². The van der Waals surface area contributed by atoms with Crippen LogP contribution in [0.5, 0.6) is 5.75 Å². The molecular formula is C17H14ClN5O. The van der Waals surface area contributed by atoms with Gasteiger partial charge < -0.3 is 10.1 Å². The SMILES string of the molecule is COc1cccc(C2=CC(c3ccccc3Cl)n3nnnc3N2)c1. The fourth-order valence-corrected chi connectivity index (χ4v) is 3.00. The lowest BCUT2D eigenvalue weighted by atomic mass is 10.0. The maximum atomic E-state index is 6.38. The Balaban J connectivity index is 1.83. The number of anilines is 1. The number of tetrazole rings is 1. The van der Waals surface area contributed by atoms with Gasteiger partial charge >= 0.3 is 0 Å². The summed E-state index contributed by atoms with van der Waals surface area (Å²) < 4.78 is 7.02. The van der Waals surface area contributed by atoms with Crippen LogP contribution >= 0.6 is 11.6 Å². The van der Waals surface area contributed by atoms with E-state index in [1.54, 1.807) is 11.8 Å². The summed E-state index contributed by atoms with van der Waals surface area (Å²) in [7, 11) is 1.65. The number of ether oxygens (including phenoxy) is 1. The number of rotatable bonds is 3. The van der Waals surface area contributed by atoms with Gasteiger partial charge in [0.15, 0.2) is 0 Å². The van der Waals surface area contributed by atoms with Crippen molar-refractivity contribution in [3.05, 3.63) is 70.8 Å². The summed E-state index contributed by atoms with van der Waals surface area (Å²) in [6.45, 7) is 0. The van der Waals surface area contributed by atoms with E-state index in [1.807, 2.05) is 48.5 Å². The van der Waals surface area contributed by atoms with Crippen molar-refractivity contribution in [3.63, 3.8) is 0 Å². The average molecular weight is 340 g/mol. The van der Waals surface area contributed by atoms with E-state index in [-0.39, 0.29) is 6.04 Å². The fraction of sp³-hybridized carbons (Fsp3) is 0.118. The highest BCUT2D eigenvalue weighted by Gasteiger charge is 2.25. The summed E-state index contributed by atoms with van der Waals surface area (Å²) in [6, 6.07) is 15.3. The smallest absolute Gasteiger partial charge is 0.248 e. The summed E-state index contributed by atoms with van der Waals surface area (Å²) in [6.07, 6.45) is 2.05. The van der Waals surface area contributed by atoms with E-state index in [1.165, 1.54) is 0 Å². The van der Waals surface area contributed by atoms with Gasteiger partial charge in [-0.15, -0.1) is 0 Å².